The van der Waals surface area contributed by atoms with Crippen molar-refractivity contribution in [3.05, 3.63) is 29.8 Å². The second-order valence-corrected chi connectivity index (χ2v) is 4.27. The fourth-order valence-electron chi connectivity index (χ4n) is 1.68. The first-order chi connectivity index (χ1) is 8.77. The Morgan fingerprint density at radius 3 is 2.78 bits per heavy atom. The van der Waals surface area contributed by atoms with Crippen molar-refractivity contribution in [2.24, 2.45) is 0 Å². The van der Waals surface area contributed by atoms with Crippen LogP contribution in [0.3, 0.4) is 0 Å². The summed E-state index contributed by atoms with van der Waals surface area (Å²) >= 11 is 0. The van der Waals surface area contributed by atoms with Crippen LogP contribution in [-0.2, 0) is 4.74 Å². The van der Waals surface area contributed by atoms with Crippen LogP contribution in [0.25, 0.3) is 0 Å². The molecule has 0 radical (unpaired) electrons. The average molecular weight is 250 g/mol. The molecular formula is C15H22O3. The predicted molar refractivity (Wildman–Crippen MR) is 72.3 cm³/mol. The smallest absolute Gasteiger partial charge is 0.188 e. The zero-order chi connectivity index (χ0) is 13.2. The van der Waals surface area contributed by atoms with Gasteiger partial charge >= 0.3 is 0 Å². The molecule has 0 aromatic heterocycles. The topological polar surface area (TPSA) is 35.5 Å². The molecule has 0 bridgehead atoms. The average Bonchev–Trinajstić information content (AvgIpc) is 2.42. The van der Waals surface area contributed by atoms with E-state index in [1.54, 1.807) is 19.2 Å². The summed E-state index contributed by atoms with van der Waals surface area (Å²) in [7, 11) is 1.59. The van der Waals surface area contributed by atoms with E-state index in [0.29, 0.717) is 17.9 Å². The summed E-state index contributed by atoms with van der Waals surface area (Å²) in [5.41, 5.74) is 0.642. The van der Waals surface area contributed by atoms with Crippen molar-refractivity contribution in [3.8, 4) is 5.75 Å². The number of carbonyl (C=O) groups excluding carboxylic acids is 1. The van der Waals surface area contributed by atoms with Gasteiger partial charge in [0, 0.05) is 12.2 Å². The zero-order valence-corrected chi connectivity index (χ0v) is 11.3. The van der Waals surface area contributed by atoms with Gasteiger partial charge in [-0.2, -0.15) is 0 Å². The Morgan fingerprint density at radius 2 is 2.06 bits per heavy atom. The van der Waals surface area contributed by atoms with E-state index in [-0.39, 0.29) is 12.4 Å². The molecule has 0 aliphatic heterocycles. The number of benzene rings is 1. The number of hydrogen-bond acceptors (Lipinski definition) is 3. The van der Waals surface area contributed by atoms with E-state index in [4.69, 9.17) is 9.47 Å². The highest BCUT2D eigenvalue weighted by Gasteiger charge is 2.06. The number of ketones is 1. The Bertz CT molecular complexity index is 361. The third-order valence-corrected chi connectivity index (χ3v) is 2.77. The molecule has 0 saturated carbocycles. The lowest BCUT2D eigenvalue weighted by Crippen LogP contribution is -2.10. The maximum atomic E-state index is 11.8. The van der Waals surface area contributed by atoms with Crippen molar-refractivity contribution < 1.29 is 14.3 Å². The lowest BCUT2D eigenvalue weighted by molar-refractivity contribution is 0.0752. The maximum Gasteiger partial charge on any atom is 0.188 e. The molecule has 100 valence electrons. The Labute approximate surface area is 109 Å². The van der Waals surface area contributed by atoms with Crippen molar-refractivity contribution in [2.45, 2.75) is 32.6 Å². The molecule has 3 nitrogen and oxygen atoms in total. The fourth-order valence-corrected chi connectivity index (χ4v) is 1.68. The lowest BCUT2D eigenvalue weighted by atomic mass is 10.1. The first-order valence-corrected chi connectivity index (χ1v) is 6.53. The third-order valence-electron chi connectivity index (χ3n) is 2.77. The number of hydrogen-bond donors (Lipinski definition) is 0. The van der Waals surface area contributed by atoms with Gasteiger partial charge < -0.3 is 9.47 Å². The molecule has 1 aromatic rings. The van der Waals surface area contributed by atoms with Gasteiger partial charge in [0.05, 0.1) is 7.11 Å². The van der Waals surface area contributed by atoms with Crippen molar-refractivity contribution in [2.75, 3.05) is 20.3 Å². The van der Waals surface area contributed by atoms with Crippen molar-refractivity contribution in [1.29, 1.82) is 0 Å². The lowest BCUT2D eigenvalue weighted by Gasteiger charge is -2.05. The highest BCUT2D eigenvalue weighted by Crippen LogP contribution is 2.13. The monoisotopic (exact) mass is 250 g/mol. The van der Waals surface area contributed by atoms with E-state index in [9.17, 15) is 4.79 Å². The van der Waals surface area contributed by atoms with Gasteiger partial charge in [-0.25, -0.2) is 0 Å². The predicted octanol–water partition coefficient (Wildman–Crippen LogP) is 3.47. The molecule has 0 amide bonds. The molecule has 0 fully saturated rings. The second-order valence-electron chi connectivity index (χ2n) is 4.27. The molecule has 0 heterocycles. The van der Waals surface area contributed by atoms with E-state index in [1.807, 2.05) is 12.1 Å². The van der Waals surface area contributed by atoms with Crippen LogP contribution in [0.4, 0.5) is 0 Å². The van der Waals surface area contributed by atoms with Crippen LogP contribution in [0.5, 0.6) is 5.75 Å². The number of carbonyl (C=O) groups is 1. The van der Waals surface area contributed by atoms with Crippen molar-refractivity contribution >= 4 is 5.78 Å². The minimum absolute atomic E-state index is 0.00407. The van der Waals surface area contributed by atoms with Gasteiger partial charge in [0.2, 0.25) is 0 Å². The number of methoxy groups -OCH3 is 1. The highest BCUT2D eigenvalue weighted by molar-refractivity contribution is 5.97. The first-order valence-electron chi connectivity index (χ1n) is 6.53. The zero-order valence-electron chi connectivity index (χ0n) is 11.3. The van der Waals surface area contributed by atoms with Gasteiger partial charge in [-0.1, -0.05) is 38.3 Å². The molecule has 3 heteroatoms. The molecule has 0 spiro atoms. The molecule has 0 saturated heterocycles. The van der Waals surface area contributed by atoms with Crippen LogP contribution < -0.4 is 4.74 Å². The highest BCUT2D eigenvalue weighted by atomic mass is 16.5. The van der Waals surface area contributed by atoms with Crippen molar-refractivity contribution in [1.82, 2.24) is 0 Å². The van der Waals surface area contributed by atoms with Crippen LogP contribution in [0, 0.1) is 0 Å². The van der Waals surface area contributed by atoms with Gasteiger partial charge in [-0.15, -0.1) is 0 Å². The summed E-state index contributed by atoms with van der Waals surface area (Å²) in [5, 5.41) is 0. The van der Waals surface area contributed by atoms with E-state index >= 15 is 0 Å². The molecule has 0 N–H and O–H groups in total. The minimum Gasteiger partial charge on any atom is -0.497 e. The largest absolute Gasteiger partial charge is 0.497 e. The van der Waals surface area contributed by atoms with E-state index < -0.39 is 0 Å². The third kappa shape index (κ3) is 5.32. The standard InChI is InChI=1S/C15H22O3/c1-3-4-5-6-10-18-12-15(16)13-8-7-9-14(11-13)17-2/h7-9,11H,3-6,10,12H2,1-2H3. The maximum absolute atomic E-state index is 11.8. The summed E-state index contributed by atoms with van der Waals surface area (Å²) in [4.78, 5) is 11.8. The normalized spacial score (nSPS) is 10.3. The quantitative estimate of drug-likeness (QED) is 0.497. The summed E-state index contributed by atoms with van der Waals surface area (Å²) in [6.45, 7) is 2.99. The number of rotatable bonds is 9. The van der Waals surface area contributed by atoms with Gasteiger partial charge in [0.15, 0.2) is 5.78 Å². The number of unbranched alkanes of at least 4 members (excludes halogenated alkanes) is 3. The van der Waals surface area contributed by atoms with Gasteiger partial charge in [0.1, 0.15) is 12.4 Å². The van der Waals surface area contributed by atoms with E-state index in [2.05, 4.69) is 6.92 Å². The summed E-state index contributed by atoms with van der Waals surface area (Å²) in [5.74, 6) is 0.702. The van der Waals surface area contributed by atoms with Crippen LogP contribution >= 0.6 is 0 Å². The molecule has 1 aromatic carbocycles. The fraction of sp³-hybridized carbons (Fsp3) is 0.533. The molecule has 0 aliphatic carbocycles. The number of Topliss-reactive ketones (excluding diaryl/α,β-unsaturated/α-hetero) is 1. The molecule has 0 aliphatic rings. The molecule has 0 unspecified atom stereocenters. The molecular weight excluding hydrogens is 228 g/mol. The van der Waals surface area contributed by atoms with E-state index in [1.165, 1.54) is 19.3 Å². The second kappa shape index (κ2) is 8.70. The van der Waals surface area contributed by atoms with Crippen LogP contribution in [0.15, 0.2) is 24.3 Å². The summed E-state index contributed by atoms with van der Waals surface area (Å²) in [6.07, 6.45) is 4.64. The van der Waals surface area contributed by atoms with E-state index in [0.717, 1.165) is 6.42 Å². The van der Waals surface area contributed by atoms with Gasteiger partial charge in [0.25, 0.3) is 0 Å². The molecule has 18 heavy (non-hydrogen) atoms. The SMILES string of the molecule is CCCCCCOCC(=O)c1cccc(OC)c1. The minimum atomic E-state index is 0.00407. The van der Waals surface area contributed by atoms with Gasteiger partial charge in [-0.05, 0) is 18.6 Å². The van der Waals surface area contributed by atoms with Crippen molar-refractivity contribution in [3.63, 3.8) is 0 Å². The van der Waals surface area contributed by atoms with Gasteiger partial charge in [-0.3, -0.25) is 4.79 Å². The molecule has 1 rings (SSSR count). The summed E-state index contributed by atoms with van der Waals surface area (Å²) < 4.78 is 10.5. The first kappa shape index (κ1) is 14.7. The molecule has 0 atom stereocenters. The Kier molecular flexibility index (Phi) is 7.11. The Balaban J connectivity index is 2.27. The Morgan fingerprint density at radius 1 is 1.22 bits per heavy atom. The van der Waals surface area contributed by atoms with Crippen LogP contribution in [0.2, 0.25) is 0 Å². The van der Waals surface area contributed by atoms with Crippen LogP contribution in [0.1, 0.15) is 43.0 Å². The Hall–Kier alpha value is -1.35. The number of ether oxygens (including phenoxy) is 2. The summed E-state index contributed by atoms with van der Waals surface area (Å²) in [6, 6.07) is 7.16. The van der Waals surface area contributed by atoms with Crippen LogP contribution in [-0.4, -0.2) is 26.1 Å².